The third-order valence-electron chi connectivity index (χ3n) is 3.24. The van der Waals surface area contributed by atoms with E-state index < -0.39 is 36.2 Å². The summed E-state index contributed by atoms with van der Waals surface area (Å²) in [6, 6.07) is 0. The number of ether oxygens (including phenoxy) is 4. The van der Waals surface area contributed by atoms with E-state index in [1.54, 1.807) is 19.9 Å². The summed E-state index contributed by atoms with van der Waals surface area (Å²) in [4.78, 5) is 11.5. The molecule has 1 aliphatic heterocycles. The fraction of sp³-hybridized carbons (Fsp3) is 0.812. The van der Waals surface area contributed by atoms with E-state index in [1.165, 1.54) is 6.92 Å². The maximum absolute atomic E-state index is 11.5. The van der Waals surface area contributed by atoms with E-state index >= 15 is 0 Å². The van der Waals surface area contributed by atoms with E-state index in [0.29, 0.717) is 6.42 Å². The molecule has 22 heavy (non-hydrogen) atoms. The summed E-state index contributed by atoms with van der Waals surface area (Å²) < 4.78 is 22.5. The predicted octanol–water partition coefficient (Wildman–Crippen LogP) is 1.80. The van der Waals surface area contributed by atoms with Crippen LogP contribution in [-0.2, 0) is 23.7 Å². The number of carbonyl (C=O) groups is 1. The van der Waals surface area contributed by atoms with Gasteiger partial charge in [-0.1, -0.05) is 6.08 Å². The number of rotatable bonds is 8. The number of aliphatic hydroxyl groups excluding tert-OH is 1. The SMILES string of the molecule is C=CC[C@H](O)[C@@H](OC(C)C)[C@H](OC(C)=O)[C@H]1COC(C)(C)O1. The number of hydrogen-bond acceptors (Lipinski definition) is 6. The van der Waals surface area contributed by atoms with Crippen molar-refractivity contribution in [3.05, 3.63) is 12.7 Å². The summed E-state index contributed by atoms with van der Waals surface area (Å²) >= 11 is 0. The van der Waals surface area contributed by atoms with Crippen LogP contribution in [-0.4, -0.2) is 54.0 Å². The molecule has 6 heteroatoms. The Kier molecular flexibility index (Phi) is 6.99. The highest BCUT2D eigenvalue weighted by Crippen LogP contribution is 2.29. The Hall–Kier alpha value is -0.950. The maximum Gasteiger partial charge on any atom is 0.303 e. The molecule has 128 valence electrons. The molecule has 0 spiro atoms. The second-order valence-electron chi connectivity index (χ2n) is 6.18. The van der Waals surface area contributed by atoms with Crippen molar-refractivity contribution in [2.75, 3.05) is 6.61 Å². The Morgan fingerprint density at radius 2 is 2.14 bits per heavy atom. The van der Waals surface area contributed by atoms with Crippen molar-refractivity contribution < 1.29 is 28.8 Å². The zero-order valence-corrected chi connectivity index (χ0v) is 14.1. The second-order valence-corrected chi connectivity index (χ2v) is 6.18. The predicted molar refractivity (Wildman–Crippen MR) is 81.3 cm³/mol. The molecule has 0 unspecified atom stereocenters. The van der Waals surface area contributed by atoms with Crippen LogP contribution in [0.2, 0.25) is 0 Å². The molecule has 1 N–H and O–H groups in total. The van der Waals surface area contributed by atoms with Gasteiger partial charge < -0.3 is 24.1 Å². The van der Waals surface area contributed by atoms with Crippen LogP contribution in [0.25, 0.3) is 0 Å². The lowest BCUT2D eigenvalue weighted by Crippen LogP contribution is -2.50. The molecular weight excluding hydrogens is 288 g/mol. The van der Waals surface area contributed by atoms with Gasteiger partial charge in [0, 0.05) is 6.92 Å². The number of esters is 1. The summed E-state index contributed by atoms with van der Waals surface area (Å²) in [5.41, 5.74) is 0. The number of hydrogen-bond donors (Lipinski definition) is 1. The van der Waals surface area contributed by atoms with Crippen LogP contribution < -0.4 is 0 Å². The zero-order chi connectivity index (χ0) is 16.9. The van der Waals surface area contributed by atoms with Gasteiger partial charge in [0.1, 0.15) is 12.2 Å². The smallest absolute Gasteiger partial charge is 0.303 e. The first-order valence-corrected chi connectivity index (χ1v) is 7.59. The molecule has 0 bridgehead atoms. The van der Waals surface area contributed by atoms with Gasteiger partial charge >= 0.3 is 5.97 Å². The molecular formula is C16H28O6. The first-order chi connectivity index (χ1) is 10.2. The van der Waals surface area contributed by atoms with Gasteiger partial charge in [-0.25, -0.2) is 0 Å². The molecule has 1 aliphatic rings. The van der Waals surface area contributed by atoms with Crippen LogP contribution >= 0.6 is 0 Å². The average molecular weight is 316 g/mol. The minimum atomic E-state index is -0.850. The topological polar surface area (TPSA) is 74.2 Å². The van der Waals surface area contributed by atoms with Gasteiger partial charge in [0.25, 0.3) is 0 Å². The first-order valence-electron chi connectivity index (χ1n) is 7.59. The highest BCUT2D eigenvalue weighted by Gasteiger charge is 2.45. The van der Waals surface area contributed by atoms with Gasteiger partial charge in [0.15, 0.2) is 11.9 Å². The zero-order valence-electron chi connectivity index (χ0n) is 14.1. The van der Waals surface area contributed by atoms with Crippen LogP contribution in [0, 0.1) is 0 Å². The molecule has 1 rings (SSSR count). The summed E-state index contributed by atoms with van der Waals surface area (Å²) in [7, 11) is 0. The minimum Gasteiger partial charge on any atom is -0.457 e. The normalized spacial score (nSPS) is 24.8. The average Bonchev–Trinajstić information content (AvgIpc) is 2.73. The van der Waals surface area contributed by atoms with Crippen molar-refractivity contribution in [1.29, 1.82) is 0 Å². The summed E-state index contributed by atoms with van der Waals surface area (Å²) in [6.45, 7) is 12.5. The van der Waals surface area contributed by atoms with Gasteiger partial charge in [0.05, 0.1) is 18.8 Å². The number of carbonyl (C=O) groups excluding carboxylic acids is 1. The summed E-state index contributed by atoms with van der Waals surface area (Å²) in [6.07, 6.45) is -1.04. The maximum atomic E-state index is 11.5. The fourth-order valence-electron chi connectivity index (χ4n) is 2.43. The molecule has 0 aromatic heterocycles. The van der Waals surface area contributed by atoms with Crippen molar-refractivity contribution >= 4 is 5.97 Å². The molecule has 6 nitrogen and oxygen atoms in total. The van der Waals surface area contributed by atoms with E-state index in [1.807, 2.05) is 13.8 Å². The molecule has 0 aromatic carbocycles. The molecule has 0 aliphatic carbocycles. The van der Waals surface area contributed by atoms with Gasteiger partial charge in [0.2, 0.25) is 0 Å². The third kappa shape index (κ3) is 5.68. The van der Waals surface area contributed by atoms with E-state index in [2.05, 4.69) is 6.58 Å². The fourth-order valence-corrected chi connectivity index (χ4v) is 2.43. The molecule has 1 saturated heterocycles. The van der Waals surface area contributed by atoms with E-state index in [0.717, 1.165) is 0 Å². The van der Waals surface area contributed by atoms with Crippen molar-refractivity contribution in [1.82, 2.24) is 0 Å². The molecule has 0 saturated carbocycles. The molecule has 0 aromatic rings. The lowest BCUT2D eigenvalue weighted by Gasteiger charge is -2.34. The van der Waals surface area contributed by atoms with Gasteiger partial charge in [-0.15, -0.1) is 6.58 Å². The Morgan fingerprint density at radius 1 is 1.50 bits per heavy atom. The van der Waals surface area contributed by atoms with Crippen LogP contribution in [0.1, 0.15) is 41.0 Å². The molecule has 1 fully saturated rings. The van der Waals surface area contributed by atoms with E-state index in [9.17, 15) is 9.90 Å². The minimum absolute atomic E-state index is 0.141. The van der Waals surface area contributed by atoms with Gasteiger partial charge in [-0.2, -0.15) is 0 Å². The highest BCUT2D eigenvalue weighted by atomic mass is 16.8. The van der Waals surface area contributed by atoms with Crippen LogP contribution in [0.5, 0.6) is 0 Å². The van der Waals surface area contributed by atoms with Crippen molar-refractivity contribution in [2.45, 2.75) is 77.3 Å². The molecule has 0 radical (unpaired) electrons. The Morgan fingerprint density at radius 3 is 2.55 bits per heavy atom. The highest BCUT2D eigenvalue weighted by molar-refractivity contribution is 5.66. The second kappa shape index (κ2) is 8.06. The van der Waals surface area contributed by atoms with Gasteiger partial charge in [-0.05, 0) is 34.1 Å². The Balaban J connectivity index is 2.97. The van der Waals surface area contributed by atoms with Crippen molar-refractivity contribution in [3.63, 3.8) is 0 Å². The van der Waals surface area contributed by atoms with Gasteiger partial charge in [-0.3, -0.25) is 4.79 Å². The van der Waals surface area contributed by atoms with Crippen LogP contribution in [0.15, 0.2) is 12.7 Å². The van der Waals surface area contributed by atoms with Crippen LogP contribution in [0.4, 0.5) is 0 Å². The number of aliphatic hydroxyl groups is 1. The van der Waals surface area contributed by atoms with Crippen molar-refractivity contribution in [3.8, 4) is 0 Å². The molecule has 1 heterocycles. The van der Waals surface area contributed by atoms with E-state index in [-0.39, 0.29) is 12.7 Å². The monoisotopic (exact) mass is 316 g/mol. The van der Waals surface area contributed by atoms with Crippen LogP contribution in [0.3, 0.4) is 0 Å². The third-order valence-corrected chi connectivity index (χ3v) is 3.24. The molecule has 0 amide bonds. The quantitative estimate of drug-likeness (QED) is 0.544. The standard InChI is InChI=1S/C16H28O6/c1-7-8-12(18)14(20-10(2)3)15(21-11(4)17)13-9-19-16(5,6)22-13/h7,10,12-15,18H,1,8-9H2,2-6H3/t12-,13+,14+,15+/m0/s1. The summed E-state index contributed by atoms with van der Waals surface area (Å²) in [5, 5.41) is 10.3. The van der Waals surface area contributed by atoms with E-state index in [4.69, 9.17) is 18.9 Å². The Bertz CT molecular complexity index is 379. The lowest BCUT2D eigenvalue weighted by atomic mass is 10.00. The largest absolute Gasteiger partial charge is 0.457 e. The lowest BCUT2D eigenvalue weighted by molar-refractivity contribution is -0.199. The van der Waals surface area contributed by atoms with Crippen molar-refractivity contribution in [2.24, 2.45) is 0 Å². The summed E-state index contributed by atoms with van der Waals surface area (Å²) in [5.74, 6) is -1.21. The first kappa shape index (κ1) is 19.1. The Labute approximate surface area is 132 Å². The molecule has 4 atom stereocenters.